The van der Waals surface area contributed by atoms with Crippen LogP contribution in [-0.4, -0.2) is 35.7 Å². The lowest BCUT2D eigenvalue weighted by Gasteiger charge is -2.08. The number of methoxy groups -OCH3 is 1. The number of nitrogens with zero attached hydrogens (tertiary/aromatic N) is 2. The lowest BCUT2D eigenvalue weighted by molar-refractivity contribution is -0.384. The number of hydrazone groups is 1. The van der Waals surface area contributed by atoms with E-state index in [2.05, 4.69) is 31.4 Å². The largest absolute Gasteiger partial charge is 0.497 e. The Kier molecular flexibility index (Phi) is 6.13. The lowest BCUT2D eigenvalue weighted by Crippen LogP contribution is -2.24. The van der Waals surface area contributed by atoms with Crippen LogP contribution in [0.2, 0.25) is 0 Å². The number of non-ortho nitro benzene ring substituents is 1. The molecule has 150 valence electrons. The number of nitro benzene ring substituents is 1. The summed E-state index contributed by atoms with van der Waals surface area (Å²) in [5, 5.41) is 15.6. The molecule has 1 amide bonds. The van der Waals surface area contributed by atoms with E-state index >= 15 is 0 Å². The van der Waals surface area contributed by atoms with Crippen LogP contribution in [0.4, 0.5) is 5.69 Å². The SMILES string of the molecule is COc1ccc(OCC(=O)NN=Cc2c(C)[nH]c3ccc([N+](=O)[O-])cc23)c(Br)c1. The molecule has 0 aliphatic heterocycles. The predicted octanol–water partition coefficient (Wildman–Crippen LogP) is 3.68. The Bertz CT molecular complexity index is 1110. The average Bonchev–Trinajstić information content (AvgIpc) is 3.01. The van der Waals surface area contributed by atoms with Gasteiger partial charge in [0.25, 0.3) is 11.6 Å². The van der Waals surface area contributed by atoms with Crippen LogP contribution in [0.3, 0.4) is 0 Å². The number of halogens is 1. The number of nitrogens with one attached hydrogen (secondary N) is 2. The highest BCUT2D eigenvalue weighted by atomic mass is 79.9. The standard InChI is InChI=1S/C19H17BrN4O5/c1-11-15(14-7-12(24(26)27)3-5-17(14)22-11)9-21-23-19(25)10-29-18-6-4-13(28-2)8-16(18)20/h3-9,22H,10H2,1-2H3,(H,23,25). The first-order valence-electron chi connectivity index (χ1n) is 8.44. The number of fused-ring (bicyclic) bond motifs is 1. The topological polar surface area (TPSA) is 119 Å². The fourth-order valence-electron chi connectivity index (χ4n) is 2.69. The smallest absolute Gasteiger partial charge is 0.277 e. The molecular formula is C19H17BrN4O5. The van der Waals surface area contributed by atoms with Crippen molar-refractivity contribution in [3.05, 3.63) is 62.2 Å². The summed E-state index contributed by atoms with van der Waals surface area (Å²) in [4.78, 5) is 25.6. The summed E-state index contributed by atoms with van der Waals surface area (Å²) in [6.07, 6.45) is 1.44. The van der Waals surface area contributed by atoms with E-state index in [-0.39, 0.29) is 12.3 Å². The Morgan fingerprint density at radius 2 is 2.14 bits per heavy atom. The molecule has 0 saturated carbocycles. The van der Waals surface area contributed by atoms with E-state index in [0.29, 0.717) is 26.9 Å². The van der Waals surface area contributed by atoms with Crippen molar-refractivity contribution in [3.63, 3.8) is 0 Å². The third-order valence-corrected chi connectivity index (χ3v) is 4.73. The van der Waals surface area contributed by atoms with E-state index in [9.17, 15) is 14.9 Å². The van der Waals surface area contributed by atoms with Gasteiger partial charge in [-0.2, -0.15) is 5.10 Å². The summed E-state index contributed by atoms with van der Waals surface area (Å²) >= 11 is 3.35. The second-order valence-corrected chi connectivity index (χ2v) is 6.88. The summed E-state index contributed by atoms with van der Waals surface area (Å²) in [6.45, 7) is 1.58. The number of hydrogen-bond donors (Lipinski definition) is 2. The van der Waals surface area contributed by atoms with Gasteiger partial charge < -0.3 is 14.5 Å². The van der Waals surface area contributed by atoms with Gasteiger partial charge in [0.15, 0.2) is 6.61 Å². The van der Waals surface area contributed by atoms with Gasteiger partial charge in [-0.3, -0.25) is 14.9 Å². The molecule has 0 unspecified atom stereocenters. The maximum absolute atomic E-state index is 12.0. The summed E-state index contributed by atoms with van der Waals surface area (Å²) in [7, 11) is 1.56. The third-order valence-electron chi connectivity index (χ3n) is 4.11. The van der Waals surface area contributed by atoms with Crippen molar-refractivity contribution < 1.29 is 19.2 Å². The zero-order chi connectivity index (χ0) is 21.0. The van der Waals surface area contributed by atoms with Crippen molar-refractivity contribution in [1.82, 2.24) is 10.4 Å². The van der Waals surface area contributed by atoms with Crippen LogP contribution >= 0.6 is 15.9 Å². The van der Waals surface area contributed by atoms with Crippen LogP contribution in [0.5, 0.6) is 11.5 Å². The maximum Gasteiger partial charge on any atom is 0.277 e. The van der Waals surface area contributed by atoms with Crippen LogP contribution in [0.1, 0.15) is 11.3 Å². The summed E-state index contributed by atoms with van der Waals surface area (Å²) < 4.78 is 11.2. The van der Waals surface area contributed by atoms with Crippen LogP contribution < -0.4 is 14.9 Å². The molecule has 1 heterocycles. The van der Waals surface area contributed by atoms with Crippen LogP contribution in [0.25, 0.3) is 10.9 Å². The van der Waals surface area contributed by atoms with Crippen LogP contribution in [0, 0.1) is 17.0 Å². The molecule has 10 heteroatoms. The van der Waals surface area contributed by atoms with Crippen molar-refractivity contribution in [2.24, 2.45) is 5.10 Å². The molecule has 2 aromatic carbocycles. The van der Waals surface area contributed by atoms with Gasteiger partial charge in [-0.15, -0.1) is 0 Å². The Hall–Kier alpha value is -3.40. The Labute approximate surface area is 174 Å². The molecule has 0 fully saturated rings. The van der Waals surface area contributed by atoms with Gasteiger partial charge in [-0.05, 0) is 47.1 Å². The number of nitro groups is 1. The number of rotatable bonds is 7. The highest BCUT2D eigenvalue weighted by Crippen LogP contribution is 2.29. The first kappa shape index (κ1) is 20.3. The van der Waals surface area contributed by atoms with Gasteiger partial charge in [0.1, 0.15) is 11.5 Å². The van der Waals surface area contributed by atoms with Gasteiger partial charge in [-0.25, -0.2) is 5.43 Å². The van der Waals surface area contributed by atoms with Gasteiger partial charge in [0.2, 0.25) is 0 Å². The number of hydrogen-bond acceptors (Lipinski definition) is 6. The Morgan fingerprint density at radius 1 is 1.34 bits per heavy atom. The van der Waals surface area contributed by atoms with Crippen molar-refractivity contribution in [2.75, 3.05) is 13.7 Å². The number of benzene rings is 2. The highest BCUT2D eigenvalue weighted by Gasteiger charge is 2.12. The fourth-order valence-corrected chi connectivity index (χ4v) is 3.16. The monoisotopic (exact) mass is 460 g/mol. The van der Waals surface area contributed by atoms with Gasteiger partial charge in [0.05, 0.1) is 22.7 Å². The van der Waals surface area contributed by atoms with E-state index in [0.717, 1.165) is 11.2 Å². The van der Waals surface area contributed by atoms with Crippen molar-refractivity contribution in [3.8, 4) is 11.5 Å². The number of carbonyl (C=O) groups is 1. The molecule has 9 nitrogen and oxygen atoms in total. The minimum atomic E-state index is -0.459. The summed E-state index contributed by atoms with van der Waals surface area (Å²) in [6, 6.07) is 9.65. The molecule has 3 rings (SSSR count). The average molecular weight is 461 g/mol. The third kappa shape index (κ3) is 4.72. The Balaban J connectivity index is 1.65. The number of aromatic amines is 1. The normalized spacial score (nSPS) is 11.0. The second kappa shape index (κ2) is 8.74. The molecule has 3 aromatic rings. The lowest BCUT2D eigenvalue weighted by atomic mass is 10.1. The molecule has 0 atom stereocenters. The molecule has 0 bridgehead atoms. The van der Waals surface area contributed by atoms with Gasteiger partial charge in [0, 0.05) is 34.3 Å². The molecule has 29 heavy (non-hydrogen) atoms. The number of aromatic nitrogens is 1. The fraction of sp³-hybridized carbons (Fsp3) is 0.158. The molecule has 1 aromatic heterocycles. The van der Waals surface area contributed by atoms with Crippen LogP contribution in [0.15, 0.2) is 46.0 Å². The van der Waals surface area contributed by atoms with Gasteiger partial charge in [-0.1, -0.05) is 0 Å². The minimum absolute atomic E-state index is 0.0198. The second-order valence-electron chi connectivity index (χ2n) is 6.03. The number of aryl methyl sites for hydroxylation is 1. The molecule has 0 spiro atoms. The first-order chi connectivity index (χ1) is 13.9. The summed E-state index contributed by atoms with van der Waals surface area (Å²) in [5.41, 5.74) is 4.53. The predicted molar refractivity (Wildman–Crippen MR) is 112 cm³/mol. The number of amides is 1. The maximum atomic E-state index is 12.0. The van der Waals surface area contributed by atoms with Crippen molar-refractivity contribution in [1.29, 1.82) is 0 Å². The van der Waals surface area contributed by atoms with Gasteiger partial charge >= 0.3 is 0 Å². The van der Waals surface area contributed by atoms with E-state index < -0.39 is 10.8 Å². The van der Waals surface area contributed by atoms with Crippen molar-refractivity contribution in [2.45, 2.75) is 6.92 Å². The molecule has 0 aliphatic carbocycles. The van der Waals surface area contributed by atoms with E-state index in [1.165, 1.54) is 18.3 Å². The molecular weight excluding hydrogens is 444 g/mol. The Morgan fingerprint density at radius 3 is 2.83 bits per heavy atom. The molecule has 0 saturated heterocycles. The van der Waals surface area contributed by atoms with E-state index in [4.69, 9.17) is 9.47 Å². The highest BCUT2D eigenvalue weighted by molar-refractivity contribution is 9.10. The van der Waals surface area contributed by atoms with E-state index in [1.807, 2.05) is 6.92 Å². The zero-order valence-corrected chi connectivity index (χ0v) is 17.1. The molecule has 2 N–H and O–H groups in total. The number of H-pyrrole nitrogens is 1. The van der Waals surface area contributed by atoms with E-state index in [1.54, 1.807) is 31.4 Å². The van der Waals surface area contributed by atoms with Crippen molar-refractivity contribution >= 4 is 44.6 Å². The molecule has 0 radical (unpaired) electrons. The summed E-state index contributed by atoms with van der Waals surface area (Å²) in [5.74, 6) is 0.699. The first-order valence-corrected chi connectivity index (χ1v) is 9.23. The van der Waals surface area contributed by atoms with Crippen LogP contribution in [-0.2, 0) is 4.79 Å². The number of ether oxygens (including phenoxy) is 2. The quantitative estimate of drug-likeness (QED) is 0.316. The zero-order valence-electron chi connectivity index (χ0n) is 15.6. The molecule has 0 aliphatic rings. The minimum Gasteiger partial charge on any atom is -0.497 e. The number of carbonyl (C=O) groups excluding carboxylic acids is 1.